The first-order valence-electron chi connectivity index (χ1n) is 6.05. The van der Waals surface area contributed by atoms with Crippen molar-refractivity contribution in [3.63, 3.8) is 0 Å². The van der Waals surface area contributed by atoms with E-state index >= 15 is 0 Å². The highest BCUT2D eigenvalue weighted by molar-refractivity contribution is 8.21. The smallest absolute Gasteiger partial charge is 0.0946 e. The summed E-state index contributed by atoms with van der Waals surface area (Å²) in [6, 6.07) is 0. The van der Waals surface area contributed by atoms with Crippen LogP contribution >= 0.6 is 23.5 Å². The first kappa shape index (κ1) is 12.4. The summed E-state index contributed by atoms with van der Waals surface area (Å²) in [6.07, 6.45) is 9.77. The predicted molar refractivity (Wildman–Crippen MR) is 74.0 cm³/mol. The quantitative estimate of drug-likeness (QED) is 0.801. The normalized spacial score (nSPS) is 29.8. The molecule has 0 amide bonds. The molecule has 90 valence electrons. The van der Waals surface area contributed by atoms with E-state index in [-0.39, 0.29) is 0 Å². The molecule has 0 aliphatic carbocycles. The van der Waals surface area contributed by atoms with Crippen LogP contribution in [-0.2, 0) is 6.54 Å². The van der Waals surface area contributed by atoms with Gasteiger partial charge in [0.25, 0.3) is 0 Å². The molecule has 1 aliphatic rings. The molecular formula is C12H20N2S2. The Balaban J connectivity index is 2.05. The number of aromatic nitrogens is 2. The van der Waals surface area contributed by atoms with Gasteiger partial charge in [0, 0.05) is 29.9 Å². The zero-order valence-corrected chi connectivity index (χ0v) is 11.7. The molecule has 4 heteroatoms. The van der Waals surface area contributed by atoms with Gasteiger partial charge in [-0.2, -0.15) is 0 Å². The van der Waals surface area contributed by atoms with Crippen LogP contribution in [-0.4, -0.2) is 24.6 Å². The van der Waals surface area contributed by atoms with Crippen LogP contribution < -0.4 is 0 Å². The van der Waals surface area contributed by atoms with E-state index in [9.17, 15) is 0 Å². The van der Waals surface area contributed by atoms with Crippen LogP contribution in [0.15, 0.2) is 18.7 Å². The van der Waals surface area contributed by atoms with Crippen LogP contribution in [0.1, 0.15) is 33.1 Å². The first-order chi connectivity index (χ1) is 7.78. The Bertz CT molecular complexity index is 313. The molecule has 1 saturated heterocycles. The molecule has 16 heavy (non-hydrogen) atoms. The van der Waals surface area contributed by atoms with E-state index in [4.69, 9.17) is 0 Å². The average molecular weight is 256 g/mol. The van der Waals surface area contributed by atoms with Gasteiger partial charge in [0.1, 0.15) is 0 Å². The van der Waals surface area contributed by atoms with E-state index in [1.807, 2.05) is 12.5 Å². The topological polar surface area (TPSA) is 17.8 Å². The van der Waals surface area contributed by atoms with E-state index in [1.165, 1.54) is 25.0 Å². The lowest BCUT2D eigenvalue weighted by Gasteiger charge is -2.27. The maximum atomic E-state index is 4.14. The van der Waals surface area contributed by atoms with Crippen LogP contribution in [0.2, 0.25) is 0 Å². The van der Waals surface area contributed by atoms with Crippen LogP contribution in [0.5, 0.6) is 0 Å². The summed E-state index contributed by atoms with van der Waals surface area (Å²) in [7, 11) is 0. The highest BCUT2D eigenvalue weighted by atomic mass is 32.2. The molecule has 1 fully saturated rings. The monoisotopic (exact) mass is 256 g/mol. The van der Waals surface area contributed by atoms with Crippen molar-refractivity contribution in [1.29, 1.82) is 0 Å². The van der Waals surface area contributed by atoms with Gasteiger partial charge in [0.2, 0.25) is 0 Å². The maximum absolute atomic E-state index is 4.14. The van der Waals surface area contributed by atoms with Crippen molar-refractivity contribution in [2.45, 2.75) is 49.0 Å². The van der Waals surface area contributed by atoms with Crippen molar-refractivity contribution in [2.24, 2.45) is 0 Å². The molecule has 1 aliphatic heterocycles. The molecule has 0 aromatic carbocycles. The molecule has 2 rings (SSSR count). The summed E-state index contributed by atoms with van der Waals surface area (Å²) in [6.45, 7) is 5.69. The van der Waals surface area contributed by atoms with Gasteiger partial charge in [-0.25, -0.2) is 4.98 Å². The number of thioether (sulfide) groups is 2. The molecular weight excluding hydrogens is 236 g/mol. The van der Waals surface area contributed by atoms with Crippen molar-refractivity contribution >= 4 is 23.5 Å². The standard InChI is InChI=1S/C12H20N2S2/c1-3-5-12(9-14-7-6-13-10-14)15-8-11(4-2)16-12/h6-7,10-11H,3-5,8-9H2,1-2H3. The number of rotatable bonds is 5. The highest BCUT2D eigenvalue weighted by Crippen LogP contribution is 2.52. The minimum atomic E-state index is 0.399. The minimum Gasteiger partial charge on any atom is -0.335 e. The molecule has 0 radical (unpaired) electrons. The number of hydrogen-bond donors (Lipinski definition) is 0. The van der Waals surface area contributed by atoms with E-state index in [0.29, 0.717) is 4.08 Å². The molecule has 1 aromatic rings. The second kappa shape index (κ2) is 5.50. The molecule has 2 nitrogen and oxygen atoms in total. The fourth-order valence-electron chi connectivity index (χ4n) is 2.15. The van der Waals surface area contributed by atoms with Gasteiger partial charge in [-0.15, -0.1) is 23.5 Å². The lowest BCUT2D eigenvalue weighted by atomic mass is 10.2. The SMILES string of the molecule is CCCC1(Cn2ccnc2)SCC(CC)S1. The predicted octanol–water partition coefficient (Wildman–Crippen LogP) is 3.64. The summed E-state index contributed by atoms with van der Waals surface area (Å²) in [5.74, 6) is 1.32. The molecule has 0 spiro atoms. The zero-order chi connectivity index (χ0) is 11.4. The average Bonchev–Trinajstić information content (AvgIpc) is 2.89. The summed E-state index contributed by atoms with van der Waals surface area (Å²) in [5, 5.41) is 0.847. The van der Waals surface area contributed by atoms with E-state index in [2.05, 4.69) is 53.1 Å². The second-order valence-electron chi connectivity index (χ2n) is 4.35. The molecule has 0 bridgehead atoms. The number of hydrogen-bond acceptors (Lipinski definition) is 3. The van der Waals surface area contributed by atoms with Crippen molar-refractivity contribution < 1.29 is 0 Å². The summed E-state index contributed by atoms with van der Waals surface area (Å²) >= 11 is 4.35. The van der Waals surface area contributed by atoms with Gasteiger partial charge in [0.05, 0.1) is 10.4 Å². The van der Waals surface area contributed by atoms with Crippen LogP contribution in [0, 0.1) is 0 Å². The van der Waals surface area contributed by atoms with Crippen LogP contribution in [0.4, 0.5) is 0 Å². The second-order valence-corrected chi connectivity index (χ2v) is 7.70. The van der Waals surface area contributed by atoms with Crippen molar-refractivity contribution in [1.82, 2.24) is 9.55 Å². The zero-order valence-electron chi connectivity index (χ0n) is 10.1. The number of nitrogens with zero attached hydrogens (tertiary/aromatic N) is 2. The Kier molecular flexibility index (Phi) is 4.25. The molecule has 2 atom stereocenters. The van der Waals surface area contributed by atoms with Crippen LogP contribution in [0.25, 0.3) is 0 Å². The van der Waals surface area contributed by atoms with Crippen molar-refractivity contribution in [3.8, 4) is 0 Å². The van der Waals surface area contributed by atoms with E-state index in [0.717, 1.165) is 11.8 Å². The summed E-state index contributed by atoms with van der Waals surface area (Å²) in [4.78, 5) is 4.14. The Hall–Kier alpha value is -0.0900. The van der Waals surface area contributed by atoms with Crippen molar-refractivity contribution in [3.05, 3.63) is 18.7 Å². The maximum Gasteiger partial charge on any atom is 0.0946 e. The fourth-order valence-corrected chi connectivity index (χ4v) is 6.14. The van der Waals surface area contributed by atoms with Gasteiger partial charge in [-0.05, 0) is 12.8 Å². The third kappa shape index (κ3) is 2.77. The molecule has 1 aromatic heterocycles. The Morgan fingerprint density at radius 3 is 2.94 bits per heavy atom. The van der Waals surface area contributed by atoms with Gasteiger partial charge < -0.3 is 4.57 Å². The van der Waals surface area contributed by atoms with Gasteiger partial charge in [-0.1, -0.05) is 20.3 Å². The summed E-state index contributed by atoms with van der Waals surface area (Å²) in [5.41, 5.74) is 0. The van der Waals surface area contributed by atoms with Gasteiger partial charge >= 0.3 is 0 Å². The molecule has 2 unspecified atom stereocenters. The van der Waals surface area contributed by atoms with Crippen LogP contribution in [0.3, 0.4) is 0 Å². The minimum absolute atomic E-state index is 0.399. The van der Waals surface area contributed by atoms with Crippen molar-refractivity contribution in [2.75, 3.05) is 5.75 Å². The Morgan fingerprint density at radius 1 is 1.50 bits per heavy atom. The summed E-state index contributed by atoms with van der Waals surface area (Å²) < 4.78 is 2.63. The third-order valence-electron chi connectivity index (χ3n) is 2.98. The lowest BCUT2D eigenvalue weighted by Crippen LogP contribution is -2.24. The van der Waals surface area contributed by atoms with E-state index in [1.54, 1.807) is 0 Å². The van der Waals surface area contributed by atoms with E-state index < -0.39 is 0 Å². The largest absolute Gasteiger partial charge is 0.335 e. The first-order valence-corrected chi connectivity index (χ1v) is 7.92. The molecule has 0 saturated carbocycles. The highest BCUT2D eigenvalue weighted by Gasteiger charge is 2.39. The van der Waals surface area contributed by atoms with Gasteiger partial charge in [0.15, 0.2) is 0 Å². The van der Waals surface area contributed by atoms with Gasteiger partial charge in [-0.3, -0.25) is 0 Å². The Labute approximate surface area is 107 Å². The molecule has 0 N–H and O–H groups in total. The fraction of sp³-hybridized carbons (Fsp3) is 0.750. The number of imidazole rings is 1. The lowest BCUT2D eigenvalue weighted by molar-refractivity contribution is 0.585. The third-order valence-corrected chi connectivity index (χ3v) is 6.86. The Morgan fingerprint density at radius 2 is 2.38 bits per heavy atom. The molecule has 2 heterocycles.